The van der Waals surface area contributed by atoms with E-state index < -0.39 is 12.0 Å². The number of hydrogen-bond donors (Lipinski definition) is 2. The fourth-order valence-electron chi connectivity index (χ4n) is 2.61. The highest BCUT2D eigenvalue weighted by Gasteiger charge is 2.28. The predicted molar refractivity (Wildman–Crippen MR) is 71.1 cm³/mol. The Kier molecular flexibility index (Phi) is 4.88. The van der Waals surface area contributed by atoms with Crippen molar-refractivity contribution in [2.24, 2.45) is 0 Å². The highest BCUT2D eigenvalue weighted by atomic mass is 19.3. The van der Waals surface area contributed by atoms with Crippen LogP contribution in [0.3, 0.4) is 0 Å². The molecule has 0 bridgehead atoms. The lowest BCUT2D eigenvalue weighted by Gasteiger charge is -2.32. The molecule has 0 atom stereocenters. The molecule has 1 aromatic carbocycles. The summed E-state index contributed by atoms with van der Waals surface area (Å²) in [5.41, 5.74) is 0.430. The number of aliphatic hydroxyl groups is 1. The molecule has 4 heteroatoms. The molecule has 0 heterocycles. The second-order valence-corrected chi connectivity index (χ2v) is 5.43. The summed E-state index contributed by atoms with van der Waals surface area (Å²) in [7, 11) is 0. The SMILES string of the molecule is OC1(CNCc2ccc(C(F)F)cc2)CCCCC1. The maximum absolute atomic E-state index is 12.4. The number of alkyl halides is 2. The van der Waals surface area contributed by atoms with E-state index >= 15 is 0 Å². The van der Waals surface area contributed by atoms with Gasteiger partial charge in [-0.2, -0.15) is 0 Å². The molecule has 1 aromatic rings. The highest BCUT2D eigenvalue weighted by molar-refractivity contribution is 5.23. The van der Waals surface area contributed by atoms with Crippen LogP contribution < -0.4 is 5.32 Å². The van der Waals surface area contributed by atoms with Crippen molar-refractivity contribution < 1.29 is 13.9 Å². The van der Waals surface area contributed by atoms with Crippen LogP contribution in [0.2, 0.25) is 0 Å². The largest absolute Gasteiger partial charge is 0.389 e. The zero-order chi connectivity index (χ0) is 13.7. The Balaban J connectivity index is 1.79. The third-order valence-electron chi connectivity index (χ3n) is 3.80. The molecule has 1 aliphatic carbocycles. The normalized spacial score (nSPS) is 18.7. The lowest BCUT2D eigenvalue weighted by Crippen LogP contribution is -2.41. The Morgan fingerprint density at radius 3 is 2.32 bits per heavy atom. The first-order chi connectivity index (χ1) is 9.09. The van der Waals surface area contributed by atoms with Gasteiger partial charge in [0, 0.05) is 18.7 Å². The van der Waals surface area contributed by atoms with Crippen molar-refractivity contribution in [1.82, 2.24) is 5.32 Å². The van der Waals surface area contributed by atoms with Crippen LogP contribution in [0.15, 0.2) is 24.3 Å². The zero-order valence-electron chi connectivity index (χ0n) is 11.0. The summed E-state index contributed by atoms with van der Waals surface area (Å²) in [6, 6.07) is 6.33. The van der Waals surface area contributed by atoms with Gasteiger partial charge in [0.25, 0.3) is 6.43 Å². The Labute approximate surface area is 112 Å². The van der Waals surface area contributed by atoms with Gasteiger partial charge in [-0.05, 0) is 18.4 Å². The summed E-state index contributed by atoms with van der Waals surface area (Å²) in [6.07, 6.45) is 2.67. The minimum absolute atomic E-state index is 0.0506. The van der Waals surface area contributed by atoms with Crippen molar-refractivity contribution in [1.29, 1.82) is 0 Å². The third-order valence-corrected chi connectivity index (χ3v) is 3.80. The minimum atomic E-state index is -2.41. The summed E-state index contributed by atoms with van der Waals surface area (Å²) < 4.78 is 24.8. The molecular weight excluding hydrogens is 248 g/mol. The Morgan fingerprint density at radius 1 is 1.11 bits per heavy atom. The minimum Gasteiger partial charge on any atom is -0.389 e. The number of benzene rings is 1. The van der Waals surface area contributed by atoms with Gasteiger partial charge in [-0.15, -0.1) is 0 Å². The van der Waals surface area contributed by atoms with Gasteiger partial charge >= 0.3 is 0 Å². The summed E-state index contributed by atoms with van der Waals surface area (Å²) in [6.45, 7) is 1.18. The van der Waals surface area contributed by atoms with Crippen molar-refractivity contribution in [3.63, 3.8) is 0 Å². The molecule has 0 amide bonds. The van der Waals surface area contributed by atoms with E-state index in [1.807, 2.05) is 0 Å². The topological polar surface area (TPSA) is 32.3 Å². The van der Waals surface area contributed by atoms with E-state index in [0.29, 0.717) is 13.1 Å². The quantitative estimate of drug-likeness (QED) is 0.858. The van der Waals surface area contributed by atoms with Gasteiger partial charge in [0.05, 0.1) is 5.60 Å². The molecule has 1 saturated carbocycles. The van der Waals surface area contributed by atoms with Crippen LogP contribution in [-0.2, 0) is 6.54 Å². The van der Waals surface area contributed by atoms with E-state index in [2.05, 4.69) is 5.32 Å². The molecule has 19 heavy (non-hydrogen) atoms. The lowest BCUT2D eigenvalue weighted by atomic mass is 9.85. The molecular formula is C15H21F2NO. The molecule has 1 aliphatic rings. The number of rotatable bonds is 5. The van der Waals surface area contributed by atoms with Crippen molar-refractivity contribution in [3.8, 4) is 0 Å². The maximum atomic E-state index is 12.4. The van der Waals surface area contributed by atoms with Crippen molar-refractivity contribution in [2.45, 2.75) is 50.7 Å². The average Bonchev–Trinajstić information content (AvgIpc) is 2.40. The van der Waals surface area contributed by atoms with Gasteiger partial charge in [-0.1, -0.05) is 43.5 Å². The summed E-state index contributed by atoms with van der Waals surface area (Å²) in [4.78, 5) is 0. The number of nitrogens with one attached hydrogen (secondary N) is 1. The molecule has 0 aromatic heterocycles. The van der Waals surface area contributed by atoms with Crippen molar-refractivity contribution in [3.05, 3.63) is 35.4 Å². The van der Waals surface area contributed by atoms with Crippen LogP contribution in [0.5, 0.6) is 0 Å². The van der Waals surface area contributed by atoms with Crippen LogP contribution in [0.4, 0.5) is 8.78 Å². The fourth-order valence-corrected chi connectivity index (χ4v) is 2.61. The zero-order valence-corrected chi connectivity index (χ0v) is 11.0. The predicted octanol–water partition coefficient (Wildman–Crippen LogP) is 3.41. The lowest BCUT2D eigenvalue weighted by molar-refractivity contribution is 0.00467. The summed E-state index contributed by atoms with van der Waals surface area (Å²) in [5, 5.41) is 13.5. The van der Waals surface area contributed by atoms with E-state index in [9.17, 15) is 13.9 Å². The Bertz CT molecular complexity index is 386. The first-order valence-corrected chi connectivity index (χ1v) is 6.89. The van der Waals surface area contributed by atoms with Crippen molar-refractivity contribution >= 4 is 0 Å². The monoisotopic (exact) mass is 269 g/mol. The van der Waals surface area contributed by atoms with Crippen LogP contribution in [0.1, 0.15) is 49.7 Å². The van der Waals surface area contributed by atoms with E-state index in [1.54, 1.807) is 12.1 Å². The summed E-state index contributed by atoms with van der Waals surface area (Å²) in [5.74, 6) is 0. The van der Waals surface area contributed by atoms with Gasteiger partial charge in [-0.3, -0.25) is 0 Å². The Morgan fingerprint density at radius 2 is 1.74 bits per heavy atom. The molecule has 0 aliphatic heterocycles. The maximum Gasteiger partial charge on any atom is 0.263 e. The van der Waals surface area contributed by atoms with Gasteiger partial charge in [0.2, 0.25) is 0 Å². The summed E-state index contributed by atoms with van der Waals surface area (Å²) >= 11 is 0. The second kappa shape index (κ2) is 6.44. The van der Waals surface area contributed by atoms with Gasteiger partial charge < -0.3 is 10.4 Å². The van der Waals surface area contributed by atoms with E-state index in [-0.39, 0.29) is 5.56 Å². The number of hydrogen-bond acceptors (Lipinski definition) is 2. The van der Waals surface area contributed by atoms with Gasteiger partial charge in [-0.25, -0.2) is 8.78 Å². The smallest absolute Gasteiger partial charge is 0.263 e. The molecule has 0 spiro atoms. The van der Waals surface area contributed by atoms with E-state index in [1.165, 1.54) is 18.6 Å². The van der Waals surface area contributed by atoms with Crippen LogP contribution in [-0.4, -0.2) is 17.3 Å². The van der Waals surface area contributed by atoms with Crippen LogP contribution >= 0.6 is 0 Å². The fraction of sp³-hybridized carbons (Fsp3) is 0.600. The Hall–Kier alpha value is -1.00. The standard InChI is InChI=1S/C15H21F2NO/c16-14(17)13-6-4-12(5-7-13)10-18-11-15(19)8-2-1-3-9-15/h4-7,14,18-19H,1-3,8-11H2. The average molecular weight is 269 g/mol. The van der Waals surface area contributed by atoms with Gasteiger partial charge in [0.1, 0.15) is 0 Å². The van der Waals surface area contributed by atoms with E-state index in [4.69, 9.17) is 0 Å². The van der Waals surface area contributed by atoms with Gasteiger partial charge in [0.15, 0.2) is 0 Å². The third kappa shape index (κ3) is 4.25. The first-order valence-electron chi connectivity index (χ1n) is 6.89. The second-order valence-electron chi connectivity index (χ2n) is 5.43. The van der Waals surface area contributed by atoms with Crippen molar-refractivity contribution in [2.75, 3.05) is 6.54 Å². The molecule has 0 saturated heterocycles. The van der Waals surface area contributed by atoms with E-state index in [0.717, 1.165) is 31.2 Å². The molecule has 106 valence electrons. The molecule has 0 radical (unpaired) electrons. The molecule has 1 fully saturated rings. The molecule has 2 nitrogen and oxygen atoms in total. The van der Waals surface area contributed by atoms with Crippen LogP contribution in [0.25, 0.3) is 0 Å². The number of halogens is 2. The molecule has 2 N–H and O–H groups in total. The van der Waals surface area contributed by atoms with Crippen LogP contribution in [0, 0.1) is 0 Å². The molecule has 0 unspecified atom stereocenters. The first kappa shape index (κ1) is 14.4. The molecule has 2 rings (SSSR count). The highest BCUT2D eigenvalue weighted by Crippen LogP contribution is 2.27.